The lowest BCUT2D eigenvalue weighted by molar-refractivity contribution is -0.0498. The summed E-state index contributed by atoms with van der Waals surface area (Å²) in [6.45, 7) is -1.32. The Kier molecular flexibility index (Phi) is 5.01. The van der Waals surface area contributed by atoms with Crippen LogP contribution in [-0.4, -0.2) is 6.61 Å². The number of halogens is 5. The van der Waals surface area contributed by atoms with Crippen molar-refractivity contribution in [2.45, 2.75) is 18.9 Å². The van der Waals surface area contributed by atoms with Crippen molar-refractivity contribution in [1.82, 2.24) is 0 Å². The lowest BCUT2D eigenvalue weighted by Gasteiger charge is -2.15. The average Bonchev–Trinajstić information content (AvgIpc) is 2.41. The predicted octanol–water partition coefficient (Wildman–Crippen LogP) is 5.72. The van der Waals surface area contributed by atoms with Crippen LogP contribution in [0, 0.1) is 12.7 Å². The Morgan fingerprint density at radius 1 is 1.14 bits per heavy atom. The lowest BCUT2D eigenvalue weighted by atomic mass is 10.0. The van der Waals surface area contributed by atoms with Crippen LogP contribution in [-0.2, 0) is 0 Å². The second-order valence-corrected chi connectivity index (χ2v) is 5.28. The summed E-state index contributed by atoms with van der Waals surface area (Å²) in [4.78, 5) is 0. The van der Waals surface area contributed by atoms with Crippen LogP contribution in [0.2, 0.25) is 5.02 Å². The molecule has 0 amide bonds. The molecule has 1 unspecified atom stereocenters. The molecular weight excluding hydrogens is 324 g/mol. The second-order valence-electron chi connectivity index (χ2n) is 4.44. The van der Waals surface area contributed by atoms with E-state index < -0.39 is 17.8 Å². The molecule has 2 rings (SSSR count). The molecule has 0 aliphatic heterocycles. The Labute approximate surface area is 130 Å². The van der Waals surface area contributed by atoms with E-state index in [4.69, 9.17) is 23.2 Å². The van der Waals surface area contributed by atoms with Crippen molar-refractivity contribution in [2.24, 2.45) is 0 Å². The summed E-state index contributed by atoms with van der Waals surface area (Å²) in [6, 6.07) is 8.73. The third-order valence-electron chi connectivity index (χ3n) is 2.93. The smallest absolute Gasteiger partial charge is 0.387 e. The van der Waals surface area contributed by atoms with Crippen molar-refractivity contribution in [3.63, 3.8) is 0 Å². The Morgan fingerprint density at radius 2 is 1.86 bits per heavy atom. The number of rotatable bonds is 4. The van der Waals surface area contributed by atoms with Gasteiger partial charge in [0.15, 0.2) is 0 Å². The van der Waals surface area contributed by atoms with E-state index in [-0.39, 0.29) is 10.8 Å². The summed E-state index contributed by atoms with van der Waals surface area (Å²) in [5.74, 6) is -0.425. The Hall–Kier alpha value is -1.39. The van der Waals surface area contributed by atoms with E-state index in [1.54, 1.807) is 19.1 Å². The Morgan fingerprint density at radius 3 is 2.52 bits per heavy atom. The normalized spacial score (nSPS) is 12.5. The van der Waals surface area contributed by atoms with Gasteiger partial charge in [-0.25, -0.2) is 4.39 Å². The fourth-order valence-corrected chi connectivity index (χ4v) is 2.53. The third kappa shape index (κ3) is 3.83. The zero-order valence-electron chi connectivity index (χ0n) is 10.9. The maximum atomic E-state index is 13.4. The molecule has 0 aliphatic rings. The maximum absolute atomic E-state index is 13.4. The highest BCUT2D eigenvalue weighted by atomic mass is 35.5. The molecule has 0 aromatic heterocycles. The van der Waals surface area contributed by atoms with Gasteiger partial charge in [0, 0.05) is 5.02 Å². The van der Waals surface area contributed by atoms with E-state index in [9.17, 15) is 13.2 Å². The quantitative estimate of drug-likeness (QED) is 0.650. The molecule has 0 saturated heterocycles. The molecule has 2 aromatic rings. The summed E-state index contributed by atoms with van der Waals surface area (Å²) in [5, 5.41) is -0.517. The number of alkyl halides is 3. The van der Waals surface area contributed by atoms with Crippen LogP contribution in [0.15, 0.2) is 36.4 Å². The molecule has 0 spiro atoms. The molecular formula is C15H11Cl2F3O. The van der Waals surface area contributed by atoms with Crippen molar-refractivity contribution in [3.05, 3.63) is 63.9 Å². The molecule has 6 heteroatoms. The molecule has 21 heavy (non-hydrogen) atoms. The van der Waals surface area contributed by atoms with Crippen molar-refractivity contribution in [3.8, 4) is 5.75 Å². The standard InChI is InChI=1S/C15H11Cl2F3O/c1-8-5-11(12(16)7-13(8)18)14(17)9-3-2-4-10(6-9)21-15(19)20/h2-7,14-15H,1H3. The summed E-state index contributed by atoms with van der Waals surface area (Å²) in [5.41, 5.74) is 1.44. The first-order valence-electron chi connectivity index (χ1n) is 6.03. The largest absolute Gasteiger partial charge is 0.435 e. The van der Waals surface area contributed by atoms with Gasteiger partial charge in [0.05, 0.1) is 5.38 Å². The van der Waals surface area contributed by atoms with Crippen molar-refractivity contribution >= 4 is 23.2 Å². The number of hydrogen-bond acceptors (Lipinski definition) is 1. The molecule has 0 bridgehead atoms. The van der Waals surface area contributed by atoms with E-state index in [0.29, 0.717) is 16.7 Å². The number of benzene rings is 2. The minimum atomic E-state index is -2.91. The molecule has 0 radical (unpaired) electrons. The highest BCUT2D eigenvalue weighted by Crippen LogP contribution is 2.36. The predicted molar refractivity (Wildman–Crippen MR) is 76.9 cm³/mol. The highest BCUT2D eigenvalue weighted by Gasteiger charge is 2.17. The van der Waals surface area contributed by atoms with Crippen LogP contribution in [0.5, 0.6) is 5.75 Å². The zero-order valence-corrected chi connectivity index (χ0v) is 12.4. The van der Waals surface area contributed by atoms with Crippen LogP contribution < -0.4 is 4.74 Å². The maximum Gasteiger partial charge on any atom is 0.387 e. The van der Waals surface area contributed by atoms with E-state index in [1.165, 1.54) is 24.3 Å². The van der Waals surface area contributed by atoms with E-state index >= 15 is 0 Å². The fourth-order valence-electron chi connectivity index (χ4n) is 1.90. The molecule has 0 saturated carbocycles. The molecule has 112 valence electrons. The molecule has 0 aliphatic carbocycles. The van der Waals surface area contributed by atoms with Crippen LogP contribution in [0.3, 0.4) is 0 Å². The van der Waals surface area contributed by atoms with Crippen LogP contribution >= 0.6 is 23.2 Å². The first kappa shape index (κ1) is 16.0. The highest BCUT2D eigenvalue weighted by molar-refractivity contribution is 6.33. The minimum absolute atomic E-state index is 0.00288. The third-order valence-corrected chi connectivity index (χ3v) is 3.74. The van der Waals surface area contributed by atoms with Crippen LogP contribution in [0.4, 0.5) is 13.2 Å². The topological polar surface area (TPSA) is 9.23 Å². The lowest BCUT2D eigenvalue weighted by Crippen LogP contribution is -2.03. The number of aryl methyl sites for hydroxylation is 1. The number of ether oxygens (including phenoxy) is 1. The minimum Gasteiger partial charge on any atom is -0.435 e. The molecule has 1 atom stereocenters. The van der Waals surface area contributed by atoms with Gasteiger partial charge in [0.25, 0.3) is 0 Å². The van der Waals surface area contributed by atoms with Gasteiger partial charge in [-0.2, -0.15) is 8.78 Å². The molecule has 0 N–H and O–H groups in total. The van der Waals surface area contributed by atoms with E-state index in [2.05, 4.69) is 4.74 Å². The van der Waals surface area contributed by atoms with Gasteiger partial charge in [0.1, 0.15) is 11.6 Å². The van der Waals surface area contributed by atoms with Gasteiger partial charge in [-0.05, 0) is 47.9 Å². The summed E-state index contributed by atoms with van der Waals surface area (Å²) in [6.07, 6.45) is 0. The SMILES string of the molecule is Cc1cc(C(Cl)c2cccc(OC(F)F)c2)c(Cl)cc1F. The van der Waals surface area contributed by atoms with Gasteiger partial charge in [-0.1, -0.05) is 23.7 Å². The van der Waals surface area contributed by atoms with Gasteiger partial charge >= 0.3 is 6.61 Å². The van der Waals surface area contributed by atoms with Crippen molar-refractivity contribution < 1.29 is 17.9 Å². The first-order chi connectivity index (χ1) is 9.88. The Bertz CT molecular complexity index is 647. The Balaban J connectivity index is 2.36. The molecule has 0 heterocycles. The second kappa shape index (κ2) is 6.58. The van der Waals surface area contributed by atoms with Crippen LogP contribution in [0.25, 0.3) is 0 Å². The average molecular weight is 335 g/mol. The van der Waals surface area contributed by atoms with Crippen molar-refractivity contribution in [2.75, 3.05) is 0 Å². The summed E-state index contributed by atoms with van der Waals surface area (Å²) >= 11 is 12.3. The van der Waals surface area contributed by atoms with Gasteiger partial charge in [-0.3, -0.25) is 0 Å². The van der Waals surface area contributed by atoms with Gasteiger partial charge in [-0.15, -0.1) is 11.6 Å². The molecule has 2 aromatic carbocycles. The molecule has 0 fully saturated rings. The summed E-state index contributed by atoms with van der Waals surface area (Å²) < 4.78 is 42.2. The monoisotopic (exact) mass is 334 g/mol. The zero-order chi connectivity index (χ0) is 15.6. The molecule has 1 nitrogen and oxygen atoms in total. The van der Waals surface area contributed by atoms with E-state index in [1.807, 2.05) is 0 Å². The fraction of sp³-hybridized carbons (Fsp3) is 0.200. The first-order valence-corrected chi connectivity index (χ1v) is 6.84. The van der Waals surface area contributed by atoms with Crippen LogP contribution in [0.1, 0.15) is 22.1 Å². The van der Waals surface area contributed by atoms with Crippen molar-refractivity contribution in [1.29, 1.82) is 0 Å². The van der Waals surface area contributed by atoms with Gasteiger partial charge < -0.3 is 4.74 Å². The van der Waals surface area contributed by atoms with Gasteiger partial charge in [0.2, 0.25) is 0 Å². The summed E-state index contributed by atoms with van der Waals surface area (Å²) in [7, 11) is 0. The number of hydrogen-bond donors (Lipinski definition) is 0. The van der Waals surface area contributed by atoms with E-state index in [0.717, 1.165) is 0 Å².